The van der Waals surface area contributed by atoms with E-state index in [1.165, 1.54) is 4.31 Å². The summed E-state index contributed by atoms with van der Waals surface area (Å²) >= 11 is 0. The first kappa shape index (κ1) is 15.4. The van der Waals surface area contributed by atoms with E-state index in [0.29, 0.717) is 13.1 Å². The summed E-state index contributed by atoms with van der Waals surface area (Å²) in [6.45, 7) is 4.36. The lowest BCUT2D eigenvalue weighted by atomic mass is 10.2. The van der Waals surface area contributed by atoms with Crippen molar-refractivity contribution in [2.45, 2.75) is 6.42 Å². The monoisotopic (exact) mass is 309 g/mol. The van der Waals surface area contributed by atoms with Crippen molar-refractivity contribution in [1.29, 1.82) is 0 Å². The van der Waals surface area contributed by atoms with Gasteiger partial charge in [-0.25, -0.2) is 13.2 Å². The van der Waals surface area contributed by atoms with Crippen LogP contribution in [0.5, 0.6) is 0 Å². The van der Waals surface area contributed by atoms with Crippen LogP contribution in [0.4, 0.5) is 10.5 Å². The molecule has 21 heavy (non-hydrogen) atoms. The molecule has 0 atom stereocenters. The van der Waals surface area contributed by atoms with E-state index in [2.05, 4.69) is 17.2 Å². The highest BCUT2D eigenvalue weighted by Gasteiger charge is 2.28. The summed E-state index contributed by atoms with van der Waals surface area (Å²) < 4.78 is 26.1. The van der Waals surface area contributed by atoms with E-state index < -0.39 is 16.1 Å². The van der Waals surface area contributed by atoms with Gasteiger partial charge in [-0.15, -0.1) is 6.58 Å². The summed E-state index contributed by atoms with van der Waals surface area (Å²) in [6, 6.07) is 7.08. The highest BCUT2D eigenvalue weighted by Crippen LogP contribution is 2.29. The number of sulfonamides is 1. The maximum Gasteiger partial charge on any atom is 0.315 e. The van der Waals surface area contributed by atoms with Crippen LogP contribution in [0.2, 0.25) is 0 Å². The fraction of sp³-hybridized carbons (Fsp3) is 0.357. The van der Waals surface area contributed by atoms with E-state index in [1.807, 2.05) is 24.3 Å². The van der Waals surface area contributed by atoms with Gasteiger partial charge in [-0.1, -0.05) is 24.3 Å². The SMILES string of the molecule is C=CCNC(=O)NCCS(=O)(=O)N1CCc2ccccc21. The minimum Gasteiger partial charge on any atom is -0.337 e. The number of rotatable bonds is 6. The van der Waals surface area contributed by atoms with E-state index in [-0.39, 0.29) is 12.3 Å². The number of amides is 2. The van der Waals surface area contributed by atoms with Crippen molar-refractivity contribution in [1.82, 2.24) is 10.6 Å². The smallest absolute Gasteiger partial charge is 0.315 e. The molecule has 1 aromatic rings. The number of anilines is 1. The number of urea groups is 1. The summed E-state index contributed by atoms with van der Waals surface area (Å²) in [5.41, 5.74) is 1.78. The topological polar surface area (TPSA) is 78.5 Å². The Labute approximate surface area is 124 Å². The van der Waals surface area contributed by atoms with Crippen LogP contribution in [-0.4, -0.2) is 39.8 Å². The first-order valence-electron chi connectivity index (χ1n) is 6.75. The zero-order chi connectivity index (χ0) is 15.3. The minimum atomic E-state index is -3.42. The van der Waals surface area contributed by atoms with E-state index in [1.54, 1.807) is 6.08 Å². The molecule has 0 saturated carbocycles. The zero-order valence-electron chi connectivity index (χ0n) is 11.7. The van der Waals surface area contributed by atoms with E-state index in [4.69, 9.17) is 0 Å². The molecule has 0 aromatic heterocycles. The molecule has 2 N–H and O–H groups in total. The summed E-state index contributed by atoms with van der Waals surface area (Å²) in [6.07, 6.45) is 2.28. The molecule has 1 aromatic carbocycles. The Kier molecular flexibility index (Phi) is 4.85. The van der Waals surface area contributed by atoms with Gasteiger partial charge in [0.25, 0.3) is 0 Å². The summed E-state index contributed by atoms with van der Waals surface area (Å²) in [5.74, 6) is -0.122. The lowest BCUT2D eigenvalue weighted by Gasteiger charge is -2.19. The molecule has 0 saturated heterocycles. The van der Waals surface area contributed by atoms with Gasteiger partial charge in [-0.05, 0) is 18.1 Å². The second kappa shape index (κ2) is 6.62. The van der Waals surface area contributed by atoms with Gasteiger partial charge in [0.1, 0.15) is 0 Å². The second-order valence-corrected chi connectivity index (χ2v) is 6.71. The molecule has 0 spiro atoms. The Bertz CT molecular complexity index is 628. The van der Waals surface area contributed by atoms with Crippen LogP contribution in [0, 0.1) is 0 Å². The summed E-state index contributed by atoms with van der Waals surface area (Å²) in [5, 5.41) is 5.04. The Morgan fingerprint density at radius 1 is 1.33 bits per heavy atom. The third kappa shape index (κ3) is 3.75. The zero-order valence-corrected chi connectivity index (χ0v) is 12.5. The van der Waals surface area contributed by atoms with Gasteiger partial charge < -0.3 is 10.6 Å². The average Bonchev–Trinajstić information content (AvgIpc) is 2.89. The number of para-hydroxylation sites is 1. The summed E-state index contributed by atoms with van der Waals surface area (Å²) in [7, 11) is -3.42. The number of hydrogen-bond acceptors (Lipinski definition) is 3. The molecule has 7 heteroatoms. The van der Waals surface area contributed by atoms with Crippen molar-refractivity contribution >= 4 is 21.7 Å². The molecule has 1 aliphatic heterocycles. The fourth-order valence-corrected chi connectivity index (χ4v) is 3.66. The van der Waals surface area contributed by atoms with Crippen molar-refractivity contribution < 1.29 is 13.2 Å². The molecule has 0 bridgehead atoms. The van der Waals surface area contributed by atoms with Crippen molar-refractivity contribution in [3.05, 3.63) is 42.5 Å². The molecule has 2 amide bonds. The molecule has 0 radical (unpaired) electrons. The Hall–Kier alpha value is -2.02. The fourth-order valence-electron chi connectivity index (χ4n) is 2.23. The highest BCUT2D eigenvalue weighted by atomic mass is 32.2. The average molecular weight is 309 g/mol. The van der Waals surface area contributed by atoms with Crippen LogP contribution in [0.15, 0.2) is 36.9 Å². The maximum atomic E-state index is 12.3. The molecular formula is C14H19N3O3S. The third-order valence-electron chi connectivity index (χ3n) is 3.23. The Morgan fingerprint density at radius 2 is 2.10 bits per heavy atom. The van der Waals surface area contributed by atoms with Crippen molar-refractivity contribution in [2.75, 3.05) is 29.7 Å². The van der Waals surface area contributed by atoms with E-state index >= 15 is 0 Å². The number of carbonyl (C=O) groups is 1. The third-order valence-corrected chi connectivity index (χ3v) is 5.00. The molecule has 1 aliphatic rings. The molecular weight excluding hydrogens is 290 g/mol. The molecule has 0 aliphatic carbocycles. The molecule has 0 unspecified atom stereocenters. The van der Waals surface area contributed by atoms with E-state index in [0.717, 1.165) is 17.7 Å². The Morgan fingerprint density at radius 3 is 2.86 bits per heavy atom. The normalized spacial score (nSPS) is 13.6. The van der Waals surface area contributed by atoms with Gasteiger partial charge >= 0.3 is 6.03 Å². The number of nitrogens with one attached hydrogen (secondary N) is 2. The second-order valence-electron chi connectivity index (χ2n) is 4.69. The van der Waals surface area contributed by atoms with Crippen LogP contribution in [0.25, 0.3) is 0 Å². The predicted molar refractivity (Wildman–Crippen MR) is 82.9 cm³/mol. The van der Waals surface area contributed by atoms with Crippen LogP contribution in [0.1, 0.15) is 5.56 Å². The van der Waals surface area contributed by atoms with Gasteiger partial charge in [-0.2, -0.15) is 0 Å². The highest BCUT2D eigenvalue weighted by molar-refractivity contribution is 7.92. The minimum absolute atomic E-state index is 0.0734. The van der Waals surface area contributed by atoms with Crippen molar-refractivity contribution in [3.8, 4) is 0 Å². The first-order valence-corrected chi connectivity index (χ1v) is 8.36. The maximum absolute atomic E-state index is 12.3. The molecule has 114 valence electrons. The van der Waals surface area contributed by atoms with Crippen LogP contribution < -0.4 is 14.9 Å². The standard InChI is InChI=1S/C14H19N3O3S/c1-2-8-15-14(18)16-9-11-21(19,20)17-10-7-12-5-3-4-6-13(12)17/h2-6H,1,7-11H2,(H2,15,16,18). The van der Waals surface area contributed by atoms with Gasteiger partial charge in [0.05, 0.1) is 11.4 Å². The van der Waals surface area contributed by atoms with Crippen molar-refractivity contribution in [3.63, 3.8) is 0 Å². The van der Waals surface area contributed by atoms with Gasteiger partial charge in [0.15, 0.2) is 0 Å². The van der Waals surface area contributed by atoms with Crippen LogP contribution >= 0.6 is 0 Å². The molecule has 2 rings (SSSR count). The molecule has 6 nitrogen and oxygen atoms in total. The molecule has 0 fully saturated rings. The van der Waals surface area contributed by atoms with Gasteiger partial charge in [0, 0.05) is 19.6 Å². The lowest BCUT2D eigenvalue weighted by Crippen LogP contribution is -2.40. The van der Waals surface area contributed by atoms with Crippen LogP contribution in [-0.2, 0) is 16.4 Å². The number of fused-ring (bicyclic) bond motifs is 1. The number of carbonyl (C=O) groups excluding carboxylic acids is 1. The lowest BCUT2D eigenvalue weighted by molar-refractivity contribution is 0.242. The van der Waals surface area contributed by atoms with Gasteiger partial charge in [-0.3, -0.25) is 4.31 Å². The largest absolute Gasteiger partial charge is 0.337 e. The molecule has 1 heterocycles. The predicted octanol–water partition coefficient (Wildman–Crippen LogP) is 0.864. The number of benzene rings is 1. The van der Waals surface area contributed by atoms with Gasteiger partial charge in [0.2, 0.25) is 10.0 Å². The van der Waals surface area contributed by atoms with E-state index in [9.17, 15) is 13.2 Å². The Balaban J connectivity index is 1.91. The first-order chi connectivity index (χ1) is 10.0. The number of hydrogen-bond donors (Lipinski definition) is 2. The quantitative estimate of drug-likeness (QED) is 0.765. The number of nitrogens with zero attached hydrogens (tertiary/aromatic N) is 1. The van der Waals surface area contributed by atoms with Crippen LogP contribution in [0.3, 0.4) is 0 Å². The summed E-state index contributed by atoms with van der Waals surface area (Å²) in [4.78, 5) is 11.3. The van der Waals surface area contributed by atoms with Crippen molar-refractivity contribution in [2.24, 2.45) is 0 Å².